The molecule has 7 aromatic carbocycles. The van der Waals surface area contributed by atoms with Crippen molar-refractivity contribution in [1.29, 1.82) is 0 Å². The lowest BCUT2D eigenvalue weighted by Gasteiger charge is -2.17. The molecule has 0 fully saturated rings. The lowest BCUT2D eigenvalue weighted by molar-refractivity contribution is -0.141. The monoisotopic (exact) mass is 1200 g/mol. The number of rotatable bonds is 9. The molecular formula is C58H41F13N4O10. The van der Waals surface area contributed by atoms with Gasteiger partial charge in [-0.05, 0) is 110 Å². The number of phenols is 1. The number of carboxylic acid groups (broad SMARTS) is 1. The van der Waals surface area contributed by atoms with E-state index in [0.29, 0.717) is 45.7 Å². The van der Waals surface area contributed by atoms with Crippen LogP contribution in [-0.4, -0.2) is 61.4 Å². The van der Waals surface area contributed by atoms with Crippen LogP contribution in [0.25, 0.3) is 21.8 Å². The molecule has 0 atom stereocenters. The van der Waals surface area contributed by atoms with Crippen molar-refractivity contribution in [3.8, 4) is 17.2 Å². The van der Waals surface area contributed by atoms with Crippen LogP contribution in [-0.2, 0) is 41.1 Å². The minimum Gasteiger partial charge on any atom is -0.508 e. The Morgan fingerprint density at radius 3 is 1.34 bits per heavy atom. The average Bonchev–Trinajstić information content (AvgIpc) is 3.02. The van der Waals surface area contributed by atoms with Crippen molar-refractivity contribution in [2.75, 3.05) is 14.2 Å². The van der Waals surface area contributed by atoms with Crippen LogP contribution in [0.1, 0.15) is 70.0 Å². The lowest BCUT2D eigenvalue weighted by atomic mass is 10.1. The summed E-state index contributed by atoms with van der Waals surface area (Å²) in [7, 11) is 1.90. The maximum atomic E-state index is 14.3. The number of aryl methyl sites for hydroxylation is 2. The smallest absolute Gasteiger partial charge is 0.420 e. The number of ether oxygens (including phenoxy) is 3. The van der Waals surface area contributed by atoms with Gasteiger partial charge in [-0.2, -0.15) is 49.5 Å². The summed E-state index contributed by atoms with van der Waals surface area (Å²) in [5.74, 6) is -8.70. The van der Waals surface area contributed by atoms with E-state index in [0.717, 1.165) is 55.7 Å². The number of alkyl halides is 9. The van der Waals surface area contributed by atoms with Crippen LogP contribution in [0, 0.1) is 37.1 Å². The number of fused-ring (bicyclic) bond motifs is 2. The van der Waals surface area contributed by atoms with Crippen LogP contribution in [0.3, 0.4) is 0 Å². The first-order valence-electron chi connectivity index (χ1n) is 24.0. The molecule has 0 aliphatic rings. The fourth-order valence-corrected chi connectivity index (χ4v) is 8.03. The average molecular weight is 1200 g/mol. The number of hydrogen-bond acceptors (Lipinski definition) is 11. The summed E-state index contributed by atoms with van der Waals surface area (Å²) in [4.78, 5) is 64.9. The molecule has 27 heteroatoms. The Morgan fingerprint density at radius 2 is 0.918 bits per heavy atom. The predicted molar refractivity (Wildman–Crippen MR) is 278 cm³/mol. The fraction of sp³-hybridized carbons (Fsp3) is 0.155. The molecule has 9 aromatic rings. The van der Waals surface area contributed by atoms with Crippen LogP contribution in [0.5, 0.6) is 17.2 Å². The molecule has 14 nitrogen and oxygen atoms in total. The van der Waals surface area contributed by atoms with Crippen LogP contribution >= 0.6 is 0 Å². The number of carbonyl (C=O) groups is 3. The Balaban J connectivity index is 0.000000197. The van der Waals surface area contributed by atoms with Gasteiger partial charge in [0.25, 0.3) is 11.1 Å². The molecule has 2 aromatic heterocycles. The van der Waals surface area contributed by atoms with E-state index in [4.69, 9.17) is 9.84 Å². The largest absolute Gasteiger partial charge is 0.508 e. The normalized spacial score (nSPS) is 11.3. The summed E-state index contributed by atoms with van der Waals surface area (Å²) in [6.45, 7) is 3.93. The van der Waals surface area contributed by atoms with Crippen molar-refractivity contribution in [1.82, 2.24) is 19.1 Å². The zero-order valence-corrected chi connectivity index (χ0v) is 44.1. The first-order valence-corrected chi connectivity index (χ1v) is 24.0. The zero-order chi connectivity index (χ0) is 62.9. The van der Waals surface area contributed by atoms with Crippen molar-refractivity contribution in [3.63, 3.8) is 0 Å². The molecule has 0 amide bonds. The second-order valence-corrected chi connectivity index (χ2v) is 17.8. The summed E-state index contributed by atoms with van der Waals surface area (Å²) < 4.78 is 186. The number of hydrogen-bond donors (Lipinski definition) is 2. The number of halogens is 13. The molecule has 9 rings (SSSR count). The molecular weight excluding hydrogens is 1160 g/mol. The van der Waals surface area contributed by atoms with E-state index >= 15 is 0 Å². The molecule has 0 bridgehead atoms. The maximum Gasteiger partial charge on any atom is 0.420 e. The number of methoxy groups -OCH3 is 2. The summed E-state index contributed by atoms with van der Waals surface area (Å²) >= 11 is 0. The number of nitrogens with zero attached hydrogens (tertiary/aromatic N) is 4. The number of carbonyl (C=O) groups excluding carboxylic acids is 2. The molecule has 0 radical (unpaired) electrons. The molecule has 0 saturated heterocycles. The van der Waals surface area contributed by atoms with E-state index in [-0.39, 0.29) is 35.8 Å². The van der Waals surface area contributed by atoms with Gasteiger partial charge >= 0.3 is 36.4 Å². The Hall–Kier alpha value is -10.1. The van der Waals surface area contributed by atoms with Gasteiger partial charge in [-0.25, -0.2) is 31.9 Å². The van der Waals surface area contributed by atoms with Crippen LogP contribution < -0.4 is 15.9 Å². The molecule has 0 aliphatic carbocycles. The molecule has 444 valence electrons. The fourth-order valence-electron chi connectivity index (χ4n) is 8.03. The Bertz CT molecular complexity index is 4110. The first kappa shape index (κ1) is 64.1. The van der Waals surface area contributed by atoms with E-state index in [9.17, 15) is 86.2 Å². The lowest BCUT2D eigenvalue weighted by Crippen LogP contribution is -2.16. The quantitative estimate of drug-likeness (QED) is 0.103. The standard InChI is InChI=1S/C25H18F4N2O4.C16H13FN2O2.C9H6F4O2.C8H4F4O2/c1-14-6-7-15(19(26)10-14)12-31-13-30-23(32)18-11-16(8-9-20(18)31)35-21-5-3-4-17(24(33)34-2)22(21)25(27,28)29;1-10-2-3-11(14(17)6-10)8-19-9-18-16(21)13-7-12(20)4-5-15(13)19;1-15-8(14)5-3-2-4-6(10)7(5)9(11,12)13;9-5-3-1-2-4(7(13)14)6(5)8(10,11)12/h3-11,13H,12H2,1-2H3;2-7,9,20H,8H2,1H3;2-4H,1H3;1-3H,(H,13,14). The molecule has 0 aliphatic heterocycles. The van der Waals surface area contributed by atoms with Gasteiger partial charge in [0.15, 0.2) is 0 Å². The maximum absolute atomic E-state index is 14.3. The molecule has 0 unspecified atom stereocenters. The van der Waals surface area contributed by atoms with Gasteiger partial charge in [0.1, 0.15) is 57.2 Å². The molecule has 2 heterocycles. The second-order valence-electron chi connectivity index (χ2n) is 17.8. The van der Waals surface area contributed by atoms with Gasteiger partial charge in [-0.1, -0.05) is 42.5 Å². The number of benzene rings is 7. The third-order valence-electron chi connectivity index (χ3n) is 11.9. The predicted octanol–water partition coefficient (Wildman–Crippen LogP) is 13.3. The number of carboxylic acids is 1. The van der Waals surface area contributed by atoms with Gasteiger partial charge in [-0.15, -0.1) is 0 Å². The zero-order valence-electron chi connectivity index (χ0n) is 44.1. The Morgan fingerprint density at radius 1 is 0.506 bits per heavy atom. The number of esters is 2. The molecule has 0 spiro atoms. The van der Waals surface area contributed by atoms with E-state index in [1.54, 1.807) is 40.3 Å². The van der Waals surface area contributed by atoms with Crippen LogP contribution in [0.15, 0.2) is 150 Å². The van der Waals surface area contributed by atoms with Gasteiger partial charge in [0, 0.05) is 11.1 Å². The van der Waals surface area contributed by atoms with Crippen LogP contribution in [0.2, 0.25) is 0 Å². The highest BCUT2D eigenvalue weighted by molar-refractivity contribution is 5.93. The van der Waals surface area contributed by atoms with Crippen LogP contribution in [0.4, 0.5) is 57.1 Å². The highest BCUT2D eigenvalue weighted by Crippen LogP contribution is 2.41. The summed E-state index contributed by atoms with van der Waals surface area (Å²) in [5, 5.41) is 18.2. The first-order chi connectivity index (χ1) is 39.8. The highest BCUT2D eigenvalue weighted by atomic mass is 19.4. The number of aromatic nitrogens is 4. The van der Waals surface area contributed by atoms with Gasteiger partial charge in [-0.3, -0.25) is 9.59 Å². The topological polar surface area (TPSA) is 189 Å². The second kappa shape index (κ2) is 26.4. The Kier molecular flexibility index (Phi) is 19.9. The van der Waals surface area contributed by atoms with Gasteiger partial charge in [0.2, 0.25) is 0 Å². The number of phenolic OH excluding ortho intramolecular Hbond substituents is 1. The van der Waals surface area contributed by atoms with Gasteiger partial charge < -0.3 is 33.6 Å². The SMILES string of the molecule is COC(=O)c1cccc(F)c1C(F)(F)F.COC(=O)c1cccc(Oc2ccc3c(c2)c(=O)ncn3Cc2ccc(C)cc2F)c1C(F)(F)F.Cc1ccc(Cn2cnc(=O)c3cc(O)ccc32)c(F)c1.O=C(O)c1cccc(F)c1C(F)(F)F. The third kappa shape index (κ3) is 15.7. The third-order valence-corrected chi connectivity index (χ3v) is 11.9. The van der Waals surface area contributed by atoms with E-state index in [1.165, 1.54) is 61.2 Å². The molecule has 2 N–H and O–H groups in total. The Labute approximate surface area is 470 Å². The van der Waals surface area contributed by atoms with Gasteiger partial charge in [0.05, 0.1) is 78.5 Å². The van der Waals surface area contributed by atoms with Crippen molar-refractivity contribution in [2.45, 2.75) is 45.5 Å². The summed E-state index contributed by atoms with van der Waals surface area (Å²) in [6.07, 6.45) is -12.2. The van der Waals surface area contributed by atoms with E-state index < -0.39 is 104 Å². The molecule has 0 saturated carbocycles. The van der Waals surface area contributed by atoms with Crippen molar-refractivity contribution in [2.24, 2.45) is 0 Å². The van der Waals surface area contributed by atoms with Crippen molar-refractivity contribution < 1.29 is 95.9 Å². The van der Waals surface area contributed by atoms with Crippen molar-refractivity contribution in [3.05, 3.63) is 240 Å². The molecule has 85 heavy (non-hydrogen) atoms. The van der Waals surface area contributed by atoms with E-state index in [2.05, 4.69) is 19.4 Å². The summed E-state index contributed by atoms with van der Waals surface area (Å²) in [5.41, 5.74) is -4.83. The number of aromatic carboxylic acids is 1. The highest BCUT2D eigenvalue weighted by Gasteiger charge is 2.41. The minimum atomic E-state index is -5.00. The van der Waals surface area contributed by atoms with E-state index in [1.807, 2.05) is 13.0 Å². The number of aromatic hydroxyl groups is 1. The van der Waals surface area contributed by atoms with Crippen molar-refractivity contribution >= 4 is 39.7 Å². The summed E-state index contributed by atoms with van der Waals surface area (Å²) in [6, 6.07) is 26.3. The minimum absolute atomic E-state index is 0.000617.